The van der Waals surface area contributed by atoms with Crippen LogP contribution in [0.5, 0.6) is 5.88 Å². The van der Waals surface area contributed by atoms with Crippen molar-refractivity contribution in [2.45, 2.75) is 38.6 Å². The Bertz CT molecular complexity index is 1080. The van der Waals surface area contributed by atoms with E-state index in [4.69, 9.17) is 9.15 Å². The van der Waals surface area contributed by atoms with Gasteiger partial charge in [-0.2, -0.15) is 0 Å². The molecule has 1 saturated heterocycles. The number of piperidine rings is 1. The number of pyridine rings is 1. The number of benzene rings is 1. The van der Waals surface area contributed by atoms with Crippen LogP contribution in [0.4, 0.5) is 6.01 Å². The number of fused-ring (bicyclic) bond motifs is 1. The first-order chi connectivity index (χ1) is 14.6. The second-order valence-electron chi connectivity index (χ2n) is 8.34. The molecule has 1 N–H and O–H groups in total. The number of likely N-dealkylation sites (tertiary alicyclic amines) is 1. The molecule has 1 spiro atoms. The lowest BCUT2D eigenvalue weighted by Crippen LogP contribution is -2.45. The summed E-state index contributed by atoms with van der Waals surface area (Å²) in [5, 5.41) is 13.1. The Morgan fingerprint density at radius 1 is 1.20 bits per heavy atom. The van der Waals surface area contributed by atoms with Gasteiger partial charge >= 0.3 is 6.01 Å². The summed E-state index contributed by atoms with van der Waals surface area (Å²) >= 11 is 0. The molecule has 0 radical (unpaired) electrons. The third-order valence-electron chi connectivity index (χ3n) is 6.36. The van der Waals surface area contributed by atoms with E-state index >= 15 is 0 Å². The lowest BCUT2D eigenvalue weighted by Gasteiger charge is -2.33. The van der Waals surface area contributed by atoms with E-state index in [9.17, 15) is 4.79 Å². The monoisotopic (exact) mass is 407 g/mol. The van der Waals surface area contributed by atoms with Gasteiger partial charge in [0.15, 0.2) is 0 Å². The number of nitrogens with zero attached hydrogens (tertiary/aromatic N) is 4. The molecule has 1 aromatic carbocycles. The number of aromatic nitrogens is 3. The number of ether oxygens (including phenoxy) is 1. The predicted octanol–water partition coefficient (Wildman–Crippen LogP) is 3.50. The van der Waals surface area contributed by atoms with Crippen LogP contribution in [-0.2, 0) is 4.79 Å². The highest BCUT2D eigenvalue weighted by Crippen LogP contribution is 2.53. The Labute approximate surface area is 174 Å². The minimum Gasteiger partial charge on any atom is -0.481 e. The van der Waals surface area contributed by atoms with Gasteiger partial charge in [-0.15, -0.1) is 5.10 Å². The molecular weight excluding hydrogens is 382 g/mol. The third-order valence-corrected chi connectivity index (χ3v) is 6.36. The summed E-state index contributed by atoms with van der Waals surface area (Å²) in [6.07, 6.45) is 4.87. The number of hydrogen-bond acceptors (Lipinski definition) is 7. The Morgan fingerprint density at radius 2 is 1.97 bits per heavy atom. The van der Waals surface area contributed by atoms with E-state index in [0.29, 0.717) is 17.0 Å². The molecule has 0 bridgehead atoms. The third kappa shape index (κ3) is 3.46. The molecule has 30 heavy (non-hydrogen) atoms. The van der Waals surface area contributed by atoms with Crippen molar-refractivity contribution in [2.75, 3.05) is 25.5 Å². The molecule has 1 aliphatic heterocycles. The minimum absolute atomic E-state index is 0.0650. The fourth-order valence-electron chi connectivity index (χ4n) is 4.22. The predicted molar refractivity (Wildman–Crippen MR) is 112 cm³/mol. The zero-order valence-corrected chi connectivity index (χ0v) is 17.2. The summed E-state index contributed by atoms with van der Waals surface area (Å²) in [6.45, 7) is 3.49. The molecule has 1 atom stereocenters. The molecule has 3 aromatic rings. The summed E-state index contributed by atoms with van der Waals surface area (Å²) in [5.74, 6) is 0.814. The zero-order chi connectivity index (χ0) is 20.7. The first-order valence-corrected chi connectivity index (χ1v) is 10.4. The number of anilines is 1. The Kier molecular flexibility index (Phi) is 4.56. The molecule has 2 aromatic heterocycles. The van der Waals surface area contributed by atoms with Crippen LogP contribution < -0.4 is 10.1 Å². The van der Waals surface area contributed by atoms with Crippen molar-refractivity contribution >= 4 is 22.7 Å². The lowest BCUT2D eigenvalue weighted by atomic mass is 9.93. The smallest absolute Gasteiger partial charge is 0.316 e. The van der Waals surface area contributed by atoms with Crippen molar-refractivity contribution in [3.63, 3.8) is 0 Å². The summed E-state index contributed by atoms with van der Waals surface area (Å²) < 4.78 is 11.1. The number of amides is 1. The van der Waals surface area contributed by atoms with E-state index in [0.717, 1.165) is 36.7 Å². The highest BCUT2D eigenvalue weighted by atomic mass is 16.5. The molecule has 5 rings (SSSR count). The molecule has 2 fully saturated rings. The normalized spacial score (nSPS) is 18.4. The quantitative estimate of drug-likeness (QED) is 0.692. The van der Waals surface area contributed by atoms with Crippen molar-refractivity contribution in [1.29, 1.82) is 0 Å². The van der Waals surface area contributed by atoms with Gasteiger partial charge in [0.25, 0.3) is 5.89 Å². The van der Waals surface area contributed by atoms with E-state index in [1.165, 1.54) is 12.8 Å². The van der Waals surface area contributed by atoms with Crippen molar-refractivity contribution in [2.24, 2.45) is 5.41 Å². The van der Waals surface area contributed by atoms with Gasteiger partial charge in [-0.05, 0) is 43.4 Å². The van der Waals surface area contributed by atoms with Crippen LogP contribution in [0.25, 0.3) is 22.4 Å². The SMILES string of the molecule is COc1cc2ccccc2c(-c2nnc(N[C@H](C)C(=O)N3CCC4(CC3)CC4)o2)n1. The zero-order valence-electron chi connectivity index (χ0n) is 17.2. The van der Waals surface area contributed by atoms with E-state index in [1.807, 2.05) is 42.2 Å². The van der Waals surface area contributed by atoms with Crippen LogP contribution in [-0.4, -0.2) is 52.2 Å². The van der Waals surface area contributed by atoms with Gasteiger partial charge < -0.3 is 19.4 Å². The molecule has 8 heteroatoms. The maximum absolute atomic E-state index is 12.8. The topological polar surface area (TPSA) is 93.4 Å². The van der Waals surface area contributed by atoms with E-state index < -0.39 is 6.04 Å². The van der Waals surface area contributed by atoms with Crippen LogP contribution in [0.3, 0.4) is 0 Å². The average Bonchev–Trinajstić information content (AvgIpc) is 3.37. The number of nitrogens with one attached hydrogen (secondary N) is 1. The fraction of sp³-hybridized carbons (Fsp3) is 0.455. The van der Waals surface area contributed by atoms with Crippen LogP contribution >= 0.6 is 0 Å². The van der Waals surface area contributed by atoms with Crippen LogP contribution in [0, 0.1) is 5.41 Å². The van der Waals surface area contributed by atoms with Crippen LogP contribution in [0.15, 0.2) is 34.7 Å². The van der Waals surface area contributed by atoms with Gasteiger partial charge in [0.1, 0.15) is 11.7 Å². The first-order valence-electron chi connectivity index (χ1n) is 10.4. The number of carbonyl (C=O) groups excluding carboxylic acids is 1. The Morgan fingerprint density at radius 3 is 2.70 bits per heavy atom. The van der Waals surface area contributed by atoms with Gasteiger partial charge in [-0.25, -0.2) is 4.98 Å². The summed E-state index contributed by atoms with van der Waals surface area (Å²) in [6, 6.07) is 9.43. The van der Waals surface area contributed by atoms with E-state index in [2.05, 4.69) is 20.5 Å². The van der Waals surface area contributed by atoms with Crippen LogP contribution in [0.2, 0.25) is 0 Å². The lowest BCUT2D eigenvalue weighted by molar-refractivity contribution is -0.133. The highest BCUT2D eigenvalue weighted by Gasteiger charge is 2.45. The minimum atomic E-state index is -0.443. The Hall–Kier alpha value is -3.16. The largest absolute Gasteiger partial charge is 0.481 e. The molecule has 1 aliphatic carbocycles. The van der Waals surface area contributed by atoms with Crippen LogP contribution in [0.1, 0.15) is 32.6 Å². The summed E-state index contributed by atoms with van der Waals surface area (Å²) in [7, 11) is 1.57. The number of carbonyl (C=O) groups is 1. The molecule has 1 saturated carbocycles. The van der Waals surface area contributed by atoms with Crippen molar-refractivity contribution < 1.29 is 13.9 Å². The molecular formula is C22H25N5O3. The fourth-order valence-corrected chi connectivity index (χ4v) is 4.22. The summed E-state index contributed by atoms with van der Waals surface area (Å²) in [5.41, 5.74) is 1.09. The van der Waals surface area contributed by atoms with Gasteiger partial charge in [0.2, 0.25) is 11.8 Å². The number of methoxy groups -OCH3 is 1. The van der Waals surface area contributed by atoms with Crippen molar-refractivity contribution in [3.8, 4) is 17.5 Å². The maximum Gasteiger partial charge on any atom is 0.316 e. The second kappa shape index (κ2) is 7.27. The van der Waals surface area contributed by atoms with Gasteiger partial charge in [-0.3, -0.25) is 4.79 Å². The molecule has 0 unspecified atom stereocenters. The van der Waals surface area contributed by atoms with Gasteiger partial charge in [0, 0.05) is 24.5 Å². The molecule has 8 nitrogen and oxygen atoms in total. The summed E-state index contributed by atoms with van der Waals surface area (Å²) in [4.78, 5) is 19.2. The van der Waals surface area contributed by atoms with Crippen molar-refractivity contribution in [1.82, 2.24) is 20.1 Å². The maximum atomic E-state index is 12.8. The molecule has 3 heterocycles. The number of hydrogen-bond donors (Lipinski definition) is 1. The van der Waals surface area contributed by atoms with Gasteiger partial charge in [-0.1, -0.05) is 29.4 Å². The standard InChI is InChI=1S/C22H25N5O3/c1-14(20(28)27-11-9-22(7-8-22)10-12-27)23-21-26-25-19(30-21)18-16-6-4-3-5-15(16)13-17(24-18)29-2/h3-6,13-14H,7-12H2,1-2H3,(H,23,26)/t14-/m1/s1. The highest BCUT2D eigenvalue weighted by molar-refractivity contribution is 5.93. The molecule has 1 amide bonds. The Balaban J connectivity index is 1.32. The van der Waals surface area contributed by atoms with E-state index in [-0.39, 0.29) is 17.8 Å². The average molecular weight is 407 g/mol. The van der Waals surface area contributed by atoms with Crippen molar-refractivity contribution in [3.05, 3.63) is 30.3 Å². The molecule has 2 aliphatic rings. The molecule has 156 valence electrons. The number of rotatable bonds is 5. The first kappa shape index (κ1) is 18.8. The van der Waals surface area contributed by atoms with Gasteiger partial charge in [0.05, 0.1) is 7.11 Å². The second-order valence-corrected chi connectivity index (χ2v) is 8.34. The van der Waals surface area contributed by atoms with E-state index in [1.54, 1.807) is 7.11 Å².